The standard InChI is InChI=1S/C22H29N5O5/c1-22(9-10-22)26(2)21(30)31-13-18-19(24-25-27(18)3)17-8-7-16(12-23-17)32-15-6-4-5-14(11-15)20(28)29/h7-8,12,14-15H,4-6,9-11,13H2,1-3H3,(H,28,29)/t14-,15-/m0/s1. The summed E-state index contributed by atoms with van der Waals surface area (Å²) in [5.41, 5.74) is 1.66. The maximum Gasteiger partial charge on any atom is 0.410 e. The first-order chi connectivity index (χ1) is 15.3. The van der Waals surface area contributed by atoms with Gasteiger partial charge in [0.25, 0.3) is 0 Å². The largest absolute Gasteiger partial charge is 0.489 e. The topological polar surface area (TPSA) is 120 Å². The number of carbonyl (C=O) groups is 2. The van der Waals surface area contributed by atoms with E-state index in [0.717, 1.165) is 25.7 Å². The molecular weight excluding hydrogens is 414 g/mol. The van der Waals surface area contributed by atoms with Gasteiger partial charge in [-0.25, -0.2) is 9.48 Å². The van der Waals surface area contributed by atoms with Gasteiger partial charge in [-0.2, -0.15) is 0 Å². The monoisotopic (exact) mass is 443 g/mol. The Morgan fingerprint density at radius 2 is 2.09 bits per heavy atom. The van der Waals surface area contributed by atoms with Crippen molar-refractivity contribution in [2.45, 2.75) is 63.7 Å². The van der Waals surface area contributed by atoms with Crippen molar-refractivity contribution in [3.63, 3.8) is 0 Å². The molecule has 10 nitrogen and oxygen atoms in total. The average Bonchev–Trinajstić information content (AvgIpc) is 3.43. The molecule has 0 unspecified atom stereocenters. The zero-order chi connectivity index (χ0) is 22.9. The molecule has 0 aliphatic heterocycles. The van der Waals surface area contributed by atoms with Crippen molar-refractivity contribution >= 4 is 12.1 Å². The van der Waals surface area contributed by atoms with Gasteiger partial charge in [0.1, 0.15) is 23.7 Å². The van der Waals surface area contributed by atoms with Crippen LogP contribution in [0.15, 0.2) is 18.3 Å². The quantitative estimate of drug-likeness (QED) is 0.693. The lowest BCUT2D eigenvalue weighted by atomic mass is 9.87. The molecule has 0 spiro atoms. The highest BCUT2D eigenvalue weighted by molar-refractivity contribution is 5.70. The molecule has 2 aromatic rings. The summed E-state index contributed by atoms with van der Waals surface area (Å²) in [5, 5.41) is 17.5. The minimum Gasteiger partial charge on any atom is -0.489 e. The number of hydrogen-bond donors (Lipinski definition) is 1. The fourth-order valence-electron chi connectivity index (χ4n) is 3.96. The summed E-state index contributed by atoms with van der Waals surface area (Å²) in [4.78, 5) is 29.7. The average molecular weight is 444 g/mol. The van der Waals surface area contributed by atoms with Crippen LogP contribution in [0, 0.1) is 5.92 Å². The summed E-state index contributed by atoms with van der Waals surface area (Å²) in [6.07, 6.45) is 5.93. The van der Waals surface area contributed by atoms with E-state index in [1.807, 2.05) is 6.92 Å². The van der Waals surface area contributed by atoms with Crippen molar-refractivity contribution in [2.24, 2.45) is 13.0 Å². The fraction of sp³-hybridized carbons (Fsp3) is 0.591. The van der Waals surface area contributed by atoms with Crippen molar-refractivity contribution < 1.29 is 24.2 Å². The molecule has 1 amide bonds. The number of hydrogen-bond acceptors (Lipinski definition) is 7. The predicted molar refractivity (Wildman–Crippen MR) is 114 cm³/mol. The first-order valence-corrected chi connectivity index (χ1v) is 10.9. The number of ether oxygens (including phenoxy) is 2. The van der Waals surface area contributed by atoms with Gasteiger partial charge in [-0.15, -0.1) is 5.10 Å². The molecule has 2 aliphatic carbocycles. The highest BCUT2D eigenvalue weighted by Gasteiger charge is 2.44. The molecule has 1 N–H and O–H groups in total. The van der Waals surface area contributed by atoms with E-state index in [-0.39, 0.29) is 30.3 Å². The minimum absolute atomic E-state index is 0.0384. The molecule has 172 valence electrons. The van der Waals surface area contributed by atoms with Crippen LogP contribution in [-0.2, 0) is 23.2 Å². The van der Waals surface area contributed by atoms with E-state index in [1.54, 1.807) is 42.0 Å². The van der Waals surface area contributed by atoms with E-state index in [4.69, 9.17) is 9.47 Å². The van der Waals surface area contributed by atoms with Crippen LogP contribution in [0.4, 0.5) is 4.79 Å². The molecule has 10 heteroatoms. The van der Waals surface area contributed by atoms with E-state index in [0.29, 0.717) is 35.7 Å². The third-order valence-corrected chi connectivity index (χ3v) is 6.59. The van der Waals surface area contributed by atoms with Gasteiger partial charge in [-0.1, -0.05) is 5.21 Å². The Hall–Kier alpha value is -3.17. The Bertz CT molecular complexity index is 985. The first kappa shape index (κ1) is 22.0. The third kappa shape index (κ3) is 4.68. The Morgan fingerprint density at radius 1 is 1.31 bits per heavy atom. The second-order valence-electron chi connectivity index (χ2n) is 8.94. The molecule has 2 saturated carbocycles. The molecule has 0 saturated heterocycles. The molecular formula is C22H29N5O5. The highest BCUT2D eigenvalue weighted by Crippen LogP contribution is 2.40. The zero-order valence-corrected chi connectivity index (χ0v) is 18.7. The van der Waals surface area contributed by atoms with Gasteiger partial charge in [0.15, 0.2) is 0 Å². The van der Waals surface area contributed by atoms with E-state index >= 15 is 0 Å². The minimum atomic E-state index is -0.764. The zero-order valence-electron chi connectivity index (χ0n) is 18.7. The SMILES string of the molecule is CN(C(=O)OCc1c(-c2ccc(O[C@H]3CCC[C@H](C(=O)O)C3)cn2)nnn1C)C1(C)CC1. The molecule has 2 aliphatic rings. The number of carbonyl (C=O) groups excluding carboxylic acids is 1. The number of nitrogens with zero attached hydrogens (tertiary/aromatic N) is 5. The Labute approximate surface area is 186 Å². The maximum atomic E-state index is 12.4. The lowest BCUT2D eigenvalue weighted by molar-refractivity contribution is -0.143. The number of pyridine rings is 1. The molecule has 2 aromatic heterocycles. The summed E-state index contributed by atoms with van der Waals surface area (Å²) in [7, 11) is 3.49. The second kappa shape index (κ2) is 8.76. The van der Waals surface area contributed by atoms with Crippen LogP contribution < -0.4 is 4.74 Å². The van der Waals surface area contributed by atoms with Crippen LogP contribution in [0.1, 0.15) is 51.1 Å². The van der Waals surface area contributed by atoms with Crippen LogP contribution in [0.5, 0.6) is 5.75 Å². The summed E-state index contributed by atoms with van der Waals surface area (Å²) >= 11 is 0. The number of aromatic nitrogens is 4. The number of aliphatic carboxylic acids is 1. The molecule has 0 radical (unpaired) electrons. The number of rotatable bonds is 7. The van der Waals surface area contributed by atoms with Crippen molar-refractivity contribution in [1.29, 1.82) is 0 Å². The lowest BCUT2D eigenvalue weighted by Gasteiger charge is -2.27. The van der Waals surface area contributed by atoms with Crippen LogP contribution in [0.3, 0.4) is 0 Å². The number of carboxylic acids is 1. The molecule has 2 heterocycles. The van der Waals surface area contributed by atoms with Crippen LogP contribution in [-0.4, -0.2) is 60.7 Å². The van der Waals surface area contributed by atoms with Crippen molar-refractivity contribution in [1.82, 2.24) is 24.9 Å². The third-order valence-electron chi connectivity index (χ3n) is 6.59. The lowest BCUT2D eigenvalue weighted by Crippen LogP contribution is -2.37. The summed E-state index contributed by atoms with van der Waals surface area (Å²) in [5.74, 6) is -0.534. The first-order valence-electron chi connectivity index (χ1n) is 10.9. The Morgan fingerprint density at radius 3 is 2.75 bits per heavy atom. The van der Waals surface area contributed by atoms with Crippen LogP contribution in [0.25, 0.3) is 11.4 Å². The molecule has 2 atom stereocenters. The molecule has 2 fully saturated rings. The maximum absolute atomic E-state index is 12.4. The van der Waals surface area contributed by atoms with E-state index < -0.39 is 5.97 Å². The van der Waals surface area contributed by atoms with Crippen molar-refractivity contribution in [2.75, 3.05) is 7.05 Å². The normalized spacial score (nSPS) is 21.6. The molecule has 0 aromatic carbocycles. The number of aryl methyl sites for hydroxylation is 1. The number of amides is 1. The van der Waals surface area contributed by atoms with Gasteiger partial charge in [0.05, 0.1) is 23.9 Å². The fourth-order valence-corrected chi connectivity index (χ4v) is 3.96. The van der Waals surface area contributed by atoms with E-state index in [2.05, 4.69) is 15.3 Å². The molecule has 0 bridgehead atoms. The second-order valence-corrected chi connectivity index (χ2v) is 8.94. The smallest absolute Gasteiger partial charge is 0.410 e. The molecule has 32 heavy (non-hydrogen) atoms. The van der Waals surface area contributed by atoms with Gasteiger partial charge < -0.3 is 19.5 Å². The van der Waals surface area contributed by atoms with E-state index in [9.17, 15) is 14.7 Å². The van der Waals surface area contributed by atoms with Gasteiger partial charge in [-0.05, 0) is 57.6 Å². The highest BCUT2D eigenvalue weighted by atomic mass is 16.6. The van der Waals surface area contributed by atoms with Crippen molar-refractivity contribution in [3.05, 3.63) is 24.0 Å². The Balaban J connectivity index is 1.40. The van der Waals surface area contributed by atoms with Gasteiger partial charge in [0, 0.05) is 19.6 Å². The Kier molecular flexibility index (Phi) is 6.03. The summed E-state index contributed by atoms with van der Waals surface area (Å²) in [6.45, 7) is 2.07. The van der Waals surface area contributed by atoms with E-state index in [1.165, 1.54) is 0 Å². The van der Waals surface area contributed by atoms with Crippen molar-refractivity contribution in [3.8, 4) is 17.1 Å². The van der Waals surface area contributed by atoms with Crippen LogP contribution >= 0.6 is 0 Å². The molecule has 4 rings (SSSR count). The van der Waals surface area contributed by atoms with Gasteiger partial charge >= 0.3 is 12.1 Å². The van der Waals surface area contributed by atoms with Crippen LogP contribution in [0.2, 0.25) is 0 Å². The predicted octanol–water partition coefficient (Wildman–Crippen LogP) is 3.02. The van der Waals surface area contributed by atoms with Gasteiger partial charge in [-0.3, -0.25) is 9.78 Å². The number of carboxylic acid groups (broad SMARTS) is 1. The summed E-state index contributed by atoms with van der Waals surface area (Å²) < 4.78 is 13.0. The summed E-state index contributed by atoms with van der Waals surface area (Å²) in [6, 6.07) is 3.57. The van der Waals surface area contributed by atoms with Gasteiger partial charge in [0.2, 0.25) is 0 Å².